The van der Waals surface area contributed by atoms with E-state index in [1.54, 1.807) is 0 Å². The second-order valence-corrected chi connectivity index (χ2v) is 4.40. The van der Waals surface area contributed by atoms with Crippen LogP contribution in [0.1, 0.15) is 0 Å². The molecule has 1 aromatic heterocycles. The summed E-state index contributed by atoms with van der Waals surface area (Å²) < 4.78 is 10.9. The zero-order valence-corrected chi connectivity index (χ0v) is 10.5. The number of anilines is 2. The SMILES string of the molecule is Nc1nc(NCC2COCCO2)c2ccccc2n1. The molecule has 3 N–H and O–H groups in total. The molecule has 19 heavy (non-hydrogen) atoms. The number of nitrogen functional groups attached to an aromatic ring is 1. The number of aromatic nitrogens is 2. The van der Waals surface area contributed by atoms with Crippen molar-refractivity contribution in [3.63, 3.8) is 0 Å². The fourth-order valence-electron chi connectivity index (χ4n) is 2.09. The fourth-order valence-corrected chi connectivity index (χ4v) is 2.09. The largest absolute Gasteiger partial charge is 0.376 e. The van der Waals surface area contributed by atoms with Crippen molar-refractivity contribution in [2.45, 2.75) is 6.10 Å². The van der Waals surface area contributed by atoms with Crippen molar-refractivity contribution >= 4 is 22.7 Å². The van der Waals surface area contributed by atoms with Crippen LogP contribution < -0.4 is 11.1 Å². The van der Waals surface area contributed by atoms with Crippen molar-refractivity contribution in [3.8, 4) is 0 Å². The van der Waals surface area contributed by atoms with Gasteiger partial charge in [-0.1, -0.05) is 12.1 Å². The van der Waals surface area contributed by atoms with Gasteiger partial charge in [-0.3, -0.25) is 0 Å². The van der Waals surface area contributed by atoms with E-state index in [9.17, 15) is 0 Å². The summed E-state index contributed by atoms with van der Waals surface area (Å²) in [5, 5.41) is 4.21. The number of ether oxygens (including phenoxy) is 2. The van der Waals surface area contributed by atoms with Crippen LogP contribution in [0.15, 0.2) is 24.3 Å². The van der Waals surface area contributed by atoms with Crippen molar-refractivity contribution in [2.75, 3.05) is 37.4 Å². The van der Waals surface area contributed by atoms with Gasteiger partial charge in [-0.15, -0.1) is 0 Å². The van der Waals surface area contributed by atoms with Gasteiger partial charge in [0.15, 0.2) is 0 Å². The summed E-state index contributed by atoms with van der Waals surface area (Å²) in [6, 6.07) is 7.76. The maximum absolute atomic E-state index is 5.72. The molecule has 1 aliphatic rings. The van der Waals surface area contributed by atoms with Crippen molar-refractivity contribution in [2.24, 2.45) is 0 Å². The normalized spacial score (nSPS) is 19.5. The van der Waals surface area contributed by atoms with Crippen LogP contribution in [0.25, 0.3) is 10.9 Å². The highest BCUT2D eigenvalue weighted by molar-refractivity contribution is 5.89. The quantitative estimate of drug-likeness (QED) is 0.858. The molecule has 100 valence electrons. The summed E-state index contributed by atoms with van der Waals surface area (Å²) in [6.07, 6.45) is 0.0451. The third kappa shape index (κ3) is 2.74. The van der Waals surface area contributed by atoms with E-state index >= 15 is 0 Å². The molecule has 0 saturated carbocycles. The van der Waals surface area contributed by atoms with E-state index in [1.165, 1.54) is 0 Å². The molecule has 3 rings (SSSR count). The lowest BCUT2D eigenvalue weighted by atomic mass is 10.2. The maximum atomic E-state index is 5.72. The van der Waals surface area contributed by atoms with E-state index in [4.69, 9.17) is 15.2 Å². The van der Waals surface area contributed by atoms with Crippen molar-refractivity contribution < 1.29 is 9.47 Å². The molecule has 2 aromatic rings. The predicted molar refractivity (Wildman–Crippen MR) is 73.0 cm³/mol. The van der Waals surface area contributed by atoms with E-state index in [0.717, 1.165) is 16.7 Å². The lowest BCUT2D eigenvalue weighted by Gasteiger charge is -2.23. The van der Waals surface area contributed by atoms with Crippen molar-refractivity contribution in [3.05, 3.63) is 24.3 Å². The summed E-state index contributed by atoms with van der Waals surface area (Å²) in [7, 11) is 0. The van der Waals surface area contributed by atoms with Gasteiger partial charge in [-0.2, -0.15) is 4.98 Å². The smallest absolute Gasteiger partial charge is 0.222 e. The number of benzene rings is 1. The lowest BCUT2D eigenvalue weighted by Crippen LogP contribution is -2.34. The molecule has 1 fully saturated rings. The zero-order chi connectivity index (χ0) is 13.1. The van der Waals surface area contributed by atoms with Gasteiger partial charge in [0.2, 0.25) is 5.95 Å². The average Bonchev–Trinajstić information content (AvgIpc) is 2.45. The van der Waals surface area contributed by atoms with Gasteiger partial charge >= 0.3 is 0 Å². The molecule has 0 amide bonds. The first-order valence-electron chi connectivity index (χ1n) is 6.28. The molecule has 0 spiro atoms. The Morgan fingerprint density at radius 1 is 1.26 bits per heavy atom. The van der Waals surface area contributed by atoms with E-state index in [0.29, 0.717) is 26.4 Å². The van der Waals surface area contributed by atoms with Gasteiger partial charge in [-0.25, -0.2) is 4.98 Å². The van der Waals surface area contributed by atoms with Crippen LogP contribution in [0, 0.1) is 0 Å². The molecular weight excluding hydrogens is 244 g/mol. The van der Waals surface area contributed by atoms with Crippen molar-refractivity contribution in [1.29, 1.82) is 0 Å². The van der Waals surface area contributed by atoms with Gasteiger partial charge in [0.25, 0.3) is 0 Å². The number of nitrogens with zero attached hydrogens (tertiary/aromatic N) is 2. The highest BCUT2D eigenvalue weighted by Crippen LogP contribution is 2.20. The molecule has 1 saturated heterocycles. The van der Waals surface area contributed by atoms with Gasteiger partial charge < -0.3 is 20.5 Å². The van der Waals surface area contributed by atoms with Gasteiger partial charge in [0.1, 0.15) is 5.82 Å². The summed E-state index contributed by atoms with van der Waals surface area (Å²) >= 11 is 0. The first-order chi connectivity index (χ1) is 9.33. The Balaban J connectivity index is 1.79. The third-order valence-electron chi connectivity index (χ3n) is 3.00. The molecule has 1 atom stereocenters. The monoisotopic (exact) mass is 260 g/mol. The standard InChI is InChI=1S/C13H16N4O2/c14-13-16-11-4-2-1-3-10(11)12(17-13)15-7-9-8-18-5-6-19-9/h1-4,9H,5-8H2,(H3,14,15,16,17). The Labute approximate surface area is 110 Å². The second kappa shape index (κ2) is 5.38. The minimum Gasteiger partial charge on any atom is -0.376 e. The van der Waals surface area contributed by atoms with Gasteiger partial charge in [0, 0.05) is 11.9 Å². The summed E-state index contributed by atoms with van der Waals surface area (Å²) in [5.41, 5.74) is 6.55. The van der Waals surface area contributed by atoms with Crippen LogP contribution in [-0.2, 0) is 9.47 Å². The van der Waals surface area contributed by atoms with Crippen molar-refractivity contribution in [1.82, 2.24) is 9.97 Å². The molecule has 2 heterocycles. The zero-order valence-electron chi connectivity index (χ0n) is 10.5. The highest BCUT2D eigenvalue weighted by atomic mass is 16.6. The Hall–Kier alpha value is -1.92. The first kappa shape index (κ1) is 12.1. The summed E-state index contributed by atoms with van der Waals surface area (Å²) in [5.74, 6) is 0.999. The number of nitrogens with two attached hydrogens (primary N) is 1. The minimum absolute atomic E-state index is 0.0451. The van der Waals surface area contributed by atoms with E-state index in [2.05, 4.69) is 15.3 Å². The molecule has 0 bridgehead atoms. The molecular formula is C13H16N4O2. The Kier molecular flexibility index (Phi) is 3.43. The van der Waals surface area contributed by atoms with Gasteiger partial charge in [-0.05, 0) is 12.1 Å². The van der Waals surface area contributed by atoms with Crippen LogP contribution in [0.5, 0.6) is 0 Å². The number of fused-ring (bicyclic) bond motifs is 1. The number of hydrogen-bond acceptors (Lipinski definition) is 6. The first-order valence-corrected chi connectivity index (χ1v) is 6.28. The Morgan fingerprint density at radius 2 is 2.16 bits per heavy atom. The van der Waals surface area contributed by atoms with Crippen LogP contribution >= 0.6 is 0 Å². The summed E-state index contributed by atoms with van der Waals surface area (Å²) in [4.78, 5) is 8.45. The topological polar surface area (TPSA) is 82.3 Å². The number of nitrogens with one attached hydrogen (secondary N) is 1. The molecule has 1 aliphatic heterocycles. The highest BCUT2D eigenvalue weighted by Gasteiger charge is 2.15. The minimum atomic E-state index is 0.0451. The number of hydrogen-bond donors (Lipinski definition) is 2. The molecule has 0 aliphatic carbocycles. The second-order valence-electron chi connectivity index (χ2n) is 4.40. The number of para-hydroxylation sites is 1. The van der Waals surface area contributed by atoms with E-state index in [1.807, 2.05) is 24.3 Å². The van der Waals surface area contributed by atoms with Crippen LogP contribution in [0.3, 0.4) is 0 Å². The summed E-state index contributed by atoms with van der Waals surface area (Å²) in [6.45, 7) is 2.55. The van der Waals surface area contributed by atoms with Crippen LogP contribution in [0.4, 0.5) is 11.8 Å². The average molecular weight is 260 g/mol. The molecule has 6 heteroatoms. The number of rotatable bonds is 3. The third-order valence-corrected chi connectivity index (χ3v) is 3.00. The fraction of sp³-hybridized carbons (Fsp3) is 0.385. The molecule has 1 aromatic carbocycles. The molecule has 6 nitrogen and oxygen atoms in total. The van der Waals surface area contributed by atoms with Crippen LogP contribution in [0.2, 0.25) is 0 Å². The molecule has 1 unspecified atom stereocenters. The molecule has 0 radical (unpaired) electrons. The Bertz CT molecular complexity index is 570. The van der Waals surface area contributed by atoms with Gasteiger partial charge in [0.05, 0.1) is 31.4 Å². The van der Waals surface area contributed by atoms with E-state index in [-0.39, 0.29) is 12.1 Å². The van der Waals surface area contributed by atoms with E-state index < -0.39 is 0 Å². The lowest BCUT2D eigenvalue weighted by molar-refractivity contribution is -0.0819. The predicted octanol–water partition coefficient (Wildman–Crippen LogP) is 1.04. The maximum Gasteiger partial charge on any atom is 0.222 e. The van der Waals surface area contributed by atoms with Crippen LogP contribution in [-0.4, -0.2) is 42.4 Å². The Morgan fingerprint density at radius 3 is 3.00 bits per heavy atom.